The first-order chi connectivity index (χ1) is 10.1. The van der Waals surface area contributed by atoms with Crippen LogP contribution < -0.4 is 5.32 Å². The Morgan fingerprint density at radius 1 is 1.33 bits per heavy atom. The van der Waals surface area contributed by atoms with Crippen LogP contribution in [0.1, 0.15) is 25.7 Å². The Hall–Kier alpha value is -1.34. The fourth-order valence-electron chi connectivity index (χ4n) is 3.07. The van der Waals surface area contributed by atoms with Gasteiger partial charge in [-0.3, -0.25) is 4.90 Å². The minimum absolute atomic E-state index is 0.274. The van der Waals surface area contributed by atoms with Crippen molar-refractivity contribution >= 4 is 12.0 Å². The van der Waals surface area contributed by atoms with Crippen LogP contribution in [0.3, 0.4) is 0 Å². The third-order valence-corrected chi connectivity index (χ3v) is 4.33. The number of amides is 2. The monoisotopic (exact) mass is 299 g/mol. The molecule has 0 aliphatic carbocycles. The summed E-state index contributed by atoms with van der Waals surface area (Å²) in [5, 5.41) is 11.7. The second-order valence-electron chi connectivity index (χ2n) is 5.75. The number of ether oxygens (including phenoxy) is 1. The minimum Gasteiger partial charge on any atom is -0.480 e. The molecule has 2 saturated heterocycles. The Morgan fingerprint density at radius 2 is 2.14 bits per heavy atom. The lowest BCUT2D eigenvalue weighted by Gasteiger charge is -2.44. The average molecular weight is 299 g/mol. The molecule has 120 valence electrons. The van der Waals surface area contributed by atoms with E-state index >= 15 is 0 Å². The number of carboxylic acids is 1. The maximum absolute atomic E-state index is 12.2. The van der Waals surface area contributed by atoms with Crippen LogP contribution in [0.4, 0.5) is 4.79 Å². The number of carboxylic acid groups (broad SMARTS) is 1. The molecule has 2 aliphatic heterocycles. The van der Waals surface area contributed by atoms with E-state index in [1.807, 2.05) is 0 Å². The quantitative estimate of drug-likeness (QED) is 0.766. The number of nitrogens with zero attached hydrogens (tertiary/aromatic N) is 2. The molecule has 7 nitrogen and oxygen atoms in total. The summed E-state index contributed by atoms with van der Waals surface area (Å²) in [5.41, 5.74) is 0. The molecule has 2 fully saturated rings. The lowest BCUT2D eigenvalue weighted by Crippen LogP contribution is -2.59. The molecular formula is C14H25N3O4. The van der Waals surface area contributed by atoms with Crippen molar-refractivity contribution in [3.05, 3.63) is 0 Å². The number of hydrogen-bond donors (Lipinski definition) is 2. The van der Waals surface area contributed by atoms with Crippen LogP contribution in [-0.4, -0.2) is 78.9 Å². The standard InChI is InChI=1S/C14H25N3O4/c1-21-9-5-12(13(18)19)15-14(20)17-8-7-16-6-3-2-4-11(16)10-17/h11-12H,2-10H2,1H3,(H,15,20)(H,18,19). The van der Waals surface area contributed by atoms with Gasteiger partial charge in [-0.25, -0.2) is 9.59 Å². The Bertz CT molecular complexity index is 377. The summed E-state index contributed by atoms with van der Waals surface area (Å²) in [5.74, 6) is -1.02. The number of methoxy groups -OCH3 is 1. The summed E-state index contributed by atoms with van der Waals surface area (Å²) in [6, 6.07) is -0.730. The largest absolute Gasteiger partial charge is 0.480 e. The number of rotatable bonds is 5. The molecule has 2 atom stereocenters. The molecule has 0 aromatic rings. The number of fused-ring (bicyclic) bond motifs is 1. The topological polar surface area (TPSA) is 82.1 Å². The van der Waals surface area contributed by atoms with Crippen LogP contribution in [0.15, 0.2) is 0 Å². The van der Waals surface area contributed by atoms with E-state index < -0.39 is 12.0 Å². The fourth-order valence-corrected chi connectivity index (χ4v) is 3.07. The second kappa shape index (κ2) is 7.61. The van der Waals surface area contributed by atoms with Crippen LogP contribution >= 0.6 is 0 Å². The first-order valence-electron chi connectivity index (χ1n) is 7.63. The van der Waals surface area contributed by atoms with Crippen molar-refractivity contribution < 1.29 is 19.4 Å². The number of urea groups is 1. The van der Waals surface area contributed by atoms with Crippen LogP contribution in [0.25, 0.3) is 0 Å². The van der Waals surface area contributed by atoms with E-state index in [-0.39, 0.29) is 12.5 Å². The van der Waals surface area contributed by atoms with Crippen molar-refractivity contribution in [3.8, 4) is 0 Å². The van der Waals surface area contributed by atoms with E-state index in [0.717, 1.165) is 19.5 Å². The molecule has 0 saturated carbocycles. The van der Waals surface area contributed by atoms with Gasteiger partial charge in [0.25, 0.3) is 0 Å². The lowest BCUT2D eigenvalue weighted by atomic mass is 10.00. The zero-order valence-corrected chi connectivity index (χ0v) is 12.6. The van der Waals surface area contributed by atoms with E-state index in [0.29, 0.717) is 25.7 Å². The minimum atomic E-state index is -1.02. The molecule has 2 rings (SSSR count). The molecule has 7 heteroatoms. The predicted octanol–water partition coefficient (Wildman–Crippen LogP) is 0.356. The normalized spacial score (nSPS) is 24.2. The van der Waals surface area contributed by atoms with Gasteiger partial charge in [0.05, 0.1) is 0 Å². The number of carbonyl (C=O) groups is 2. The molecule has 0 aromatic heterocycles. The Labute approximate surface area is 125 Å². The van der Waals surface area contributed by atoms with Crippen molar-refractivity contribution in [1.82, 2.24) is 15.1 Å². The Morgan fingerprint density at radius 3 is 2.86 bits per heavy atom. The molecule has 2 heterocycles. The smallest absolute Gasteiger partial charge is 0.326 e. The molecular weight excluding hydrogens is 274 g/mol. The number of piperazine rings is 1. The highest BCUT2D eigenvalue weighted by Gasteiger charge is 2.32. The van der Waals surface area contributed by atoms with E-state index in [1.54, 1.807) is 4.90 Å². The maximum Gasteiger partial charge on any atom is 0.326 e. The second-order valence-corrected chi connectivity index (χ2v) is 5.75. The average Bonchev–Trinajstić information content (AvgIpc) is 2.50. The Balaban J connectivity index is 1.85. The Kier molecular flexibility index (Phi) is 5.81. The highest BCUT2D eigenvalue weighted by Crippen LogP contribution is 2.21. The van der Waals surface area contributed by atoms with Crippen molar-refractivity contribution in [2.24, 2.45) is 0 Å². The van der Waals surface area contributed by atoms with Gasteiger partial charge in [-0.15, -0.1) is 0 Å². The van der Waals surface area contributed by atoms with Crippen LogP contribution in [0, 0.1) is 0 Å². The van der Waals surface area contributed by atoms with Crippen molar-refractivity contribution in [2.45, 2.75) is 37.8 Å². The zero-order valence-electron chi connectivity index (χ0n) is 12.6. The van der Waals surface area contributed by atoms with Crippen LogP contribution in [0.5, 0.6) is 0 Å². The molecule has 2 unspecified atom stereocenters. The van der Waals surface area contributed by atoms with Gasteiger partial charge in [-0.05, 0) is 19.4 Å². The molecule has 21 heavy (non-hydrogen) atoms. The SMILES string of the molecule is COCCC(NC(=O)N1CCN2CCCCC2C1)C(=O)O. The van der Waals surface area contributed by atoms with E-state index in [2.05, 4.69) is 10.2 Å². The number of carbonyl (C=O) groups excluding carboxylic acids is 1. The molecule has 2 aliphatic rings. The third-order valence-electron chi connectivity index (χ3n) is 4.33. The molecule has 2 amide bonds. The summed E-state index contributed by atoms with van der Waals surface area (Å²) in [6.07, 6.45) is 3.85. The van der Waals surface area contributed by atoms with Gasteiger partial charge in [-0.2, -0.15) is 0 Å². The highest BCUT2D eigenvalue weighted by atomic mass is 16.5. The number of piperidine rings is 1. The number of hydrogen-bond acceptors (Lipinski definition) is 4. The third kappa shape index (κ3) is 4.31. The number of nitrogens with one attached hydrogen (secondary N) is 1. The molecule has 0 bridgehead atoms. The summed E-state index contributed by atoms with van der Waals surface area (Å²) in [7, 11) is 1.52. The number of aliphatic carboxylic acids is 1. The highest BCUT2D eigenvalue weighted by molar-refractivity contribution is 5.82. The summed E-state index contributed by atoms with van der Waals surface area (Å²) in [6.45, 7) is 3.68. The summed E-state index contributed by atoms with van der Waals surface area (Å²) >= 11 is 0. The van der Waals surface area contributed by atoms with Gasteiger partial charge in [0.1, 0.15) is 6.04 Å². The zero-order chi connectivity index (χ0) is 15.2. The van der Waals surface area contributed by atoms with Gasteiger partial charge in [0, 0.05) is 45.8 Å². The van der Waals surface area contributed by atoms with Gasteiger partial charge < -0.3 is 20.1 Å². The van der Waals surface area contributed by atoms with Crippen molar-refractivity contribution in [2.75, 3.05) is 39.9 Å². The predicted molar refractivity (Wildman–Crippen MR) is 77.2 cm³/mol. The van der Waals surface area contributed by atoms with E-state index in [4.69, 9.17) is 9.84 Å². The first kappa shape index (κ1) is 16.0. The summed E-state index contributed by atoms with van der Waals surface area (Å²) < 4.78 is 4.89. The first-order valence-corrected chi connectivity index (χ1v) is 7.63. The van der Waals surface area contributed by atoms with Crippen molar-refractivity contribution in [1.29, 1.82) is 0 Å². The fraction of sp³-hybridized carbons (Fsp3) is 0.857. The van der Waals surface area contributed by atoms with Gasteiger partial charge in [0.15, 0.2) is 0 Å². The van der Waals surface area contributed by atoms with E-state index in [1.165, 1.54) is 20.0 Å². The van der Waals surface area contributed by atoms with Crippen LogP contribution in [0.2, 0.25) is 0 Å². The molecule has 0 spiro atoms. The van der Waals surface area contributed by atoms with Crippen molar-refractivity contribution in [3.63, 3.8) is 0 Å². The van der Waals surface area contributed by atoms with Gasteiger partial charge in [0.2, 0.25) is 0 Å². The van der Waals surface area contributed by atoms with E-state index in [9.17, 15) is 9.59 Å². The van der Waals surface area contributed by atoms with Gasteiger partial charge >= 0.3 is 12.0 Å². The molecule has 0 aromatic carbocycles. The molecule has 0 radical (unpaired) electrons. The van der Waals surface area contributed by atoms with Crippen LogP contribution in [-0.2, 0) is 9.53 Å². The van der Waals surface area contributed by atoms with Gasteiger partial charge in [-0.1, -0.05) is 6.42 Å². The summed E-state index contributed by atoms with van der Waals surface area (Å²) in [4.78, 5) is 27.6. The maximum atomic E-state index is 12.2. The molecule has 2 N–H and O–H groups in total. The lowest BCUT2D eigenvalue weighted by molar-refractivity contribution is -0.139.